The molecule has 0 radical (unpaired) electrons. The first kappa shape index (κ1) is 8.21. The summed E-state index contributed by atoms with van der Waals surface area (Å²) in [6.45, 7) is 4.34. The second kappa shape index (κ2) is 2.94. The number of fused-ring (bicyclic) bond motifs is 1. The maximum absolute atomic E-state index is 4.46. The van der Waals surface area contributed by atoms with Gasteiger partial charge in [0.25, 0.3) is 0 Å². The van der Waals surface area contributed by atoms with E-state index in [0.29, 0.717) is 0 Å². The van der Waals surface area contributed by atoms with Gasteiger partial charge in [0.05, 0.1) is 0 Å². The van der Waals surface area contributed by atoms with Gasteiger partial charge < -0.3 is 4.90 Å². The number of anilines is 1. The Morgan fingerprint density at radius 1 is 1.43 bits per heavy atom. The molecule has 2 heterocycles. The summed E-state index contributed by atoms with van der Waals surface area (Å²) in [6.07, 6.45) is 4.63. The van der Waals surface area contributed by atoms with Gasteiger partial charge in [0.2, 0.25) is 5.95 Å². The molecule has 0 N–H and O–H groups in total. The molecule has 1 saturated heterocycles. The zero-order valence-corrected chi connectivity index (χ0v) is 8.48. The number of hydrogen-bond donors (Lipinski definition) is 0. The quantitative estimate of drug-likeness (QED) is 0.672. The first-order valence-electron chi connectivity index (χ1n) is 5.37. The van der Waals surface area contributed by atoms with E-state index in [1.54, 1.807) is 0 Å². The van der Waals surface area contributed by atoms with E-state index in [1.165, 1.54) is 19.4 Å². The highest BCUT2D eigenvalue weighted by Gasteiger charge is 2.41. The van der Waals surface area contributed by atoms with E-state index in [0.717, 1.165) is 30.0 Å². The van der Waals surface area contributed by atoms with E-state index < -0.39 is 0 Å². The van der Waals surface area contributed by atoms with Gasteiger partial charge in [-0.25, -0.2) is 9.97 Å². The lowest BCUT2D eigenvalue weighted by Gasteiger charge is -2.26. The molecule has 3 heteroatoms. The lowest BCUT2D eigenvalue weighted by atomic mass is 10.1. The van der Waals surface area contributed by atoms with E-state index in [2.05, 4.69) is 14.9 Å². The van der Waals surface area contributed by atoms with E-state index >= 15 is 0 Å². The van der Waals surface area contributed by atoms with Crippen LogP contribution in [0.25, 0.3) is 0 Å². The van der Waals surface area contributed by atoms with Crippen molar-refractivity contribution in [1.82, 2.24) is 9.97 Å². The smallest absolute Gasteiger partial charge is 0.225 e. The molecule has 0 amide bonds. The Bertz CT molecular complexity index is 350. The van der Waals surface area contributed by atoms with Crippen molar-refractivity contribution < 1.29 is 0 Å². The summed E-state index contributed by atoms with van der Waals surface area (Å²) in [5.74, 6) is 2.89. The first-order valence-corrected chi connectivity index (χ1v) is 5.37. The van der Waals surface area contributed by atoms with Crippen LogP contribution in [0.5, 0.6) is 0 Å². The molecule has 1 aliphatic heterocycles. The van der Waals surface area contributed by atoms with E-state index in [-0.39, 0.29) is 0 Å². The molecule has 2 atom stereocenters. The van der Waals surface area contributed by atoms with Gasteiger partial charge in [-0.05, 0) is 37.7 Å². The molecule has 3 nitrogen and oxygen atoms in total. The number of aromatic nitrogens is 2. The van der Waals surface area contributed by atoms with Gasteiger partial charge in [-0.15, -0.1) is 0 Å². The molecule has 0 aromatic carbocycles. The third-order valence-electron chi connectivity index (χ3n) is 3.36. The highest BCUT2D eigenvalue weighted by atomic mass is 15.3. The van der Waals surface area contributed by atoms with E-state index in [4.69, 9.17) is 0 Å². The minimum Gasteiger partial charge on any atom is -0.341 e. The molecular weight excluding hydrogens is 174 g/mol. The van der Waals surface area contributed by atoms with E-state index in [9.17, 15) is 0 Å². The Labute approximate surface area is 84.2 Å². The Morgan fingerprint density at radius 3 is 3.14 bits per heavy atom. The molecule has 3 rings (SSSR count). The summed E-state index contributed by atoms with van der Waals surface area (Å²) in [4.78, 5) is 11.1. The topological polar surface area (TPSA) is 29.0 Å². The summed E-state index contributed by atoms with van der Waals surface area (Å²) < 4.78 is 0. The summed E-state index contributed by atoms with van der Waals surface area (Å²) in [6, 6.07) is 1.95. The van der Waals surface area contributed by atoms with Crippen molar-refractivity contribution >= 4 is 5.95 Å². The van der Waals surface area contributed by atoms with Crippen LogP contribution in [0.2, 0.25) is 0 Å². The van der Waals surface area contributed by atoms with Crippen LogP contribution in [0, 0.1) is 18.8 Å². The van der Waals surface area contributed by atoms with Crippen molar-refractivity contribution in [3.63, 3.8) is 0 Å². The first-order chi connectivity index (χ1) is 6.83. The Hall–Kier alpha value is -1.12. The Morgan fingerprint density at radius 2 is 2.36 bits per heavy atom. The Balaban J connectivity index is 1.80. The van der Waals surface area contributed by atoms with Gasteiger partial charge in [-0.1, -0.05) is 0 Å². The fourth-order valence-electron chi connectivity index (χ4n) is 2.35. The third-order valence-corrected chi connectivity index (χ3v) is 3.36. The van der Waals surface area contributed by atoms with Crippen LogP contribution in [0.3, 0.4) is 0 Å². The van der Waals surface area contributed by atoms with Crippen molar-refractivity contribution in [2.45, 2.75) is 19.8 Å². The highest BCUT2D eigenvalue weighted by Crippen LogP contribution is 2.45. The average molecular weight is 189 g/mol. The maximum atomic E-state index is 4.46. The monoisotopic (exact) mass is 189 g/mol. The van der Waals surface area contributed by atoms with Gasteiger partial charge in [0.15, 0.2) is 0 Å². The van der Waals surface area contributed by atoms with Crippen molar-refractivity contribution in [2.75, 3.05) is 18.0 Å². The number of piperidine rings is 1. The molecule has 0 spiro atoms. The van der Waals surface area contributed by atoms with Crippen LogP contribution in [-0.2, 0) is 0 Å². The van der Waals surface area contributed by atoms with Gasteiger partial charge in [-0.3, -0.25) is 0 Å². The average Bonchev–Trinajstić information content (AvgIpc) is 2.95. The number of hydrogen-bond acceptors (Lipinski definition) is 3. The van der Waals surface area contributed by atoms with Crippen molar-refractivity contribution in [1.29, 1.82) is 0 Å². The largest absolute Gasteiger partial charge is 0.341 e. The summed E-state index contributed by atoms with van der Waals surface area (Å²) in [5, 5.41) is 0. The lowest BCUT2D eigenvalue weighted by molar-refractivity contribution is 0.542. The molecule has 1 aliphatic carbocycles. The molecule has 74 valence electrons. The van der Waals surface area contributed by atoms with Crippen LogP contribution in [0.1, 0.15) is 18.5 Å². The predicted octanol–water partition coefficient (Wildman–Crippen LogP) is 1.63. The molecule has 1 aromatic heterocycles. The minimum atomic E-state index is 0.926. The van der Waals surface area contributed by atoms with Crippen LogP contribution in [-0.4, -0.2) is 23.1 Å². The predicted molar refractivity (Wildman–Crippen MR) is 55.2 cm³/mol. The van der Waals surface area contributed by atoms with Crippen molar-refractivity contribution in [3.05, 3.63) is 18.0 Å². The van der Waals surface area contributed by atoms with Gasteiger partial charge in [-0.2, -0.15) is 0 Å². The number of aryl methyl sites for hydroxylation is 1. The fourth-order valence-corrected chi connectivity index (χ4v) is 2.35. The minimum absolute atomic E-state index is 0.926. The van der Waals surface area contributed by atoms with Crippen LogP contribution < -0.4 is 4.90 Å². The Kier molecular flexibility index (Phi) is 1.72. The van der Waals surface area contributed by atoms with Gasteiger partial charge in [0, 0.05) is 25.0 Å². The third kappa shape index (κ3) is 1.37. The molecular formula is C11H15N3. The number of rotatable bonds is 1. The molecule has 1 aromatic rings. The highest BCUT2D eigenvalue weighted by molar-refractivity contribution is 5.32. The zero-order valence-electron chi connectivity index (χ0n) is 8.48. The lowest BCUT2D eigenvalue weighted by Crippen LogP contribution is -2.32. The van der Waals surface area contributed by atoms with Crippen LogP contribution >= 0.6 is 0 Å². The molecule has 2 aliphatic rings. The maximum Gasteiger partial charge on any atom is 0.225 e. The SMILES string of the molecule is Cc1ccnc(N2CCC3CC3C2)n1. The van der Waals surface area contributed by atoms with E-state index in [1.807, 2.05) is 19.2 Å². The molecule has 1 saturated carbocycles. The van der Waals surface area contributed by atoms with Crippen LogP contribution in [0.15, 0.2) is 12.3 Å². The standard InChI is InChI=1S/C11H15N3/c1-8-2-4-12-11(13-8)14-5-3-9-6-10(9)7-14/h2,4,9-10H,3,5-7H2,1H3. The summed E-state index contributed by atoms with van der Waals surface area (Å²) >= 11 is 0. The molecule has 0 bridgehead atoms. The molecule has 2 fully saturated rings. The molecule has 14 heavy (non-hydrogen) atoms. The summed E-state index contributed by atoms with van der Waals surface area (Å²) in [5.41, 5.74) is 1.06. The zero-order chi connectivity index (χ0) is 9.54. The van der Waals surface area contributed by atoms with Gasteiger partial charge >= 0.3 is 0 Å². The normalized spacial score (nSPS) is 29.9. The van der Waals surface area contributed by atoms with Gasteiger partial charge in [0.1, 0.15) is 0 Å². The fraction of sp³-hybridized carbons (Fsp3) is 0.636. The van der Waals surface area contributed by atoms with Crippen molar-refractivity contribution in [2.24, 2.45) is 11.8 Å². The second-order valence-electron chi connectivity index (χ2n) is 4.49. The summed E-state index contributed by atoms with van der Waals surface area (Å²) in [7, 11) is 0. The number of nitrogens with zero attached hydrogens (tertiary/aromatic N) is 3. The molecule has 2 unspecified atom stereocenters. The van der Waals surface area contributed by atoms with Crippen LogP contribution in [0.4, 0.5) is 5.95 Å². The van der Waals surface area contributed by atoms with Crippen molar-refractivity contribution in [3.8, 4) is 0 Å². The second-order valence-corrected chi connectivity index (χ2v) is 4.49.